The van der Waals surface area contributed by atoms with Crippen molar-refractivity contribution in [2.75, 3.05) is 20.0 Å². The molecule has 0 bridgehead atoms. The van der Waals surface area contributed by atoms with Crippen molar-refractivity contribution >= 4 is 5.82 Å². The van der Waals surface area contributed by atoms with E-state index in [1.165, 1.54) is 12.3 Å². The van der Waals surface area contributed by atoms with Gasteiger partial charge in [-0.15, -0.1) is 0 Å². The summed E-state index contributed by atoms with van der Waals surface area (Å²) >= 11 is 0. The third kappa shape index (κ3) is 4.61. The molecule has 1 aliphatic rings. The maximum atomic E-state index is 12.6. The smallest absolute Gasteiger partial charge is 0.352 e. The molecule has 4 atom stereocenters. The van der Waals surface area contributed by atoms with Crippen LogP contribution in [0.15, 0.2) is 95.9 Å². The highest BCUT2D eigenvalue weighted by Crippen LogP contribution is 2.47. The summed E-state index contributed by atoms with van der Waals surface area (Å²) in [6, 6.07) is 25.6. The number of nitrogens with two attached hydrogens (primary N) is 2. The second kappa shape index (κ2) is 10.7. The van der Waals surface area contributed by atoms with E-state index >= 15 is 0 Å². The molecular formula is C30H32N4O6. The van der Waals surface area contributed by atoms with Crippen LogP contribution < -0.4 is 26.6 Å². The Morgan fingerprint density at radius 1 is 0.950 bits per heavy atom. The minimum Gasteiger partial charge on any atom is -0.497 e. The second-order valence-electron chi connectivity index (χ2n) is 9.78. The van der Waals surface area contributed by atoms with Crippen LogP contribution in [0.1, 0.15) is 23.1 Å². The van der Waals surface area contributed by atoms with E-state index in [0.29, 0.717) is 22.6 Å². The molecule has 1 aromatic heterocycles. The van der Waals surface area contributed by atoms with E-state index in [1.54, 1.807) is 14.2 Å². The molecule has 6 N–H and O–H groups in total. The highest BCUT2D eigenvalue weighted by Gasteiger charge is 2.55. The topological polar surface area (TPSA) is 155 Å². The highest BCUT2D eigenvalue weighted by atomic mass is 16.6. The largest absolute Gasteiger partial charge is 0.497 e. The predicted molar refractivity (Wildman–Crippen MR) is 149 cm³/mol. The first kappa shape index (κ1) is 27.4. The van der Waals surface area contributed by atoms with E-state index < -0.39 is 35.3 Å². The quantitative estimate of drug-likeness (QED) is 0.244. The number of ether oxygens (including phenoxy) is 3. The lowest BCUT2D eigenvalue weighted by atomic mass is 9.64. The Hall–Kier alpha value is -4.22. The molecule has 0 amide bonds. The number of benzene rings is 3. The Morgan fingerprint density at radius 2 is 1.48 bits per heavy atom. The average molecular weight is 545 g/mol. The van der Waals surface area contributed by atoms with E-state index in [1.807, 2.05) is 78.9 Å². The van der Waals surface area contributed by atoms with Gasteiger partial charge < -0.3 is 30.2 Å². The Kier molecular flexibility index (Phi) is 7.35. The molecule has 0 saturated carbocycles. The van der Waals surface area contributed by atoms with Crippen LogP contribution in [0, 0.1) is 0 Å². The normalized spacial score (nSPS) is 21.6. The summed E-state index contributed by atoms with van der Waals surface area (Å²) in [4.78, 5) is 16.4. The van der Waals surface area contributed by atoms with Crippen molar-refractivity contribution in [2.24, 2.45) is 5.73 Å². The third-order valence-electron chi connectivity index (χ3n) is 7.53. The lowest BCUT2D eigenvalue weighted by molar-refractivity contribution is -0.147. The van der Waals surface area contributed by atoms with Gasteiger partial charge in [0.1, 0.15) is 29.5 Å². The zero-order valence-corrected chi connectivity index (χ0v) is 22.2. The minimum atomic E-state index is -1.77. The Balaban J connectivity index is 1.70. The first-order chi connectivity index (χ1) is 19.2. The van der Waals surface area contributed by atoms with Gasteiger partial charge in [0.2, 0.25) is 5.85 Å². The van der Waals surface area contributed by atoms with Gasteiger partial charge in [-0.05, 0) is 47.0 Å². The molecule has 4 aromatic rings. The molecule has 40 heavy (non-hydrogen) atoms. The molecule has 1 fully saturated rings. The van der Waals surface area contributed by atoms with Crippen LogP contribution in [0.3, 0.4) is 0 Å². The van der Waals surface area contributed by atoms with Crippen LogP contribution in [0.2, 0.25) is 0 Å². The van der Waals surface area contributed by atoms with Gasteiger partial charge in [-0.1, -0.05) is 54.6 Å². The number of anilines is 1. The monoisotopic (exact) mass is 544 g/mol. The van der Waals surface area contributed by atoms with Gasteiger partial charge >= 0.3 is 5.69 Å². The Morgan fingerprint density at radius 3 is 1.98 bits per heavy atom. The second-order valence-corrected chi connectivity index (χ2v) is 9.78. The summed E-state index contributed by atoms with van der Waals surface area (Å²) in [5.74, 6) is -0.459. The maximum absolute atomic E-state index is 12.6. The average Bonchev–Trinajstić information content (AvgIpc) is 3.29. The number of nitrogens with zero attached hydrogens (tertiary/aromatic N) is 2. The van der Waals surface area contributed by atoms with Gasteiger partial charge in [-0.3, -0.25) is 10.3 Å². The molecule has 208 valence electrons. The van der Waals surface area contributed by atoms with Gasteiger partial charge in [0.15, 0.2) is 0 Å². The number of nitrogen functional groups attached to an aromatic ring is 1. The van der Waals surface area contributed by atoms with Gasteiger partial charge in [-0.25, -0.2) is 4.79 Å². The van der Waals surface area contributed by atoms with Gasteiger partial charge in [-0.2, -0.15) is 4.98 Å². The summed E-state index contributed by atoms with van der Waals surface area (Å²) in [7, 11) is 3.16. The van der Waals surface area contributed by atoms with Gasteiger partial charge in [0.05, 0.1) is 25.7 Å². The lowest BCUT2D eigenvalue weighted by Gasteiger charge is -2.43. The van der Waals surface area contributed by atoms with E-state index in [0.717, 1.165) is 10.1 Å². The summed E-state index contributed by atoms with van der Waals surface area (Å²) in [5.41, 5.74) is 12.4. The number of hydrogen-bond acceptors (Lipinski definition) is 9. The minimum absolute atomic E-state index is 0.0297. The van der Waals surface area contributed by atoms with Crippen molar-refractivity contribution in [1.29, 1.82) is 0 Å². The van der Waals surface area contributed by atoms with Crippen molar-refractivity contribution in [3.63, 3.8) is 0 Å². The van der Waals surface area contributed by atoms with E-state index in [4.69, 9.17) is 25.7 Å². The number of aliphatic hydroxyl groups is 2. The first-order valence-electron chi connectivity index (χ1n) is 12.8. The number of methoxy groups -OCH3 is 2. The molecule has 1 unspecified atom stereocenters. The molecular weight excluding hydrogens is 512 g/mol. The lowest BCUT2D eigenvalue weighted by Crippen LogP contribution is -2.53. The molecule has 0 spiro atoms. The van der Waals surface area contributed by atoms with Gasteiger partial charge in [0.25, 0.3) is 0 Å². The molecule has 0 aliphatic carbocycles. The zero-order valence-electron chi connectivity index (χ0n) is 22.2. The maximum Gasteiger partial charge on any atom is 0.352 e. The van der Waals surface area contributed by atoms with Crippen molar-refractivity contribution in [3.05, 3.63) is 118 Å². The molecule has 3 aromatic carbocycles. The van der Waals surface area contributed by atoms with Crippen LogP contribution in [-0.4, -0.2) is 52.3 Å². The van der Waals surface area contributed by atoms with Crippen LogP contribution in [-0.2, 0) is 16.0 Å². The van der Waals surface area contributed by atoms with Crippen molar-refractivity contribution in [1.82, 2.24) is 9.55 Å². The first-order valence-corrected chi connectivity index (χ1v) is 12.8. The van der Waals surface area contributed by atoms with E-state index in [9.17, 15) is 15.0 Å². The van der Waals surface area contributed by atoms with Crippen molar-refractivity contribution in [2.45, 2.75) is 36.0 Å². The van der Waals surface area contributed by atoms with Crippen LogP contribution in [0.4, 0.5) is 5.82 Å². The Labute approximate surface area is 231 Å². The molecule has 5 rings (SSSR count). The fraction of sp³-hybridized carbons (Fsp3) is 0.267. The molecule has 0 radical (unpaired) electrons. The zero-order chi connectivity index (χ0) is 28.5. The predicted octanol–water partition coefficient (Wildman–Crippen LogP) is 1.96. The fourth-order valence-electron chi connectivity index (χ4n) is 5.58. The van der Waals surface area contributed by atoms with Crippen molar-refractivity contribution < 1.29 is 24.4 Å². The number of aromatic nitrogens is 2. The van der Waals surface area contributed by atoms with Crippen LogP contribution in [0.25, 0.3) is 0 Å². The molecule has 10 nitrogen and oxygen atoms in total. The van der Waals surface area contributed by atoms with E-state index in [-0.39, 0.29) is 12.2 Å². The number of hydrogen-bond donors (Lipinski definition) is 4. The number of rotatable bonds is 8. The highest BCUT2D eigenvalue weighted by molar-refractivity contribution is 5.54. The summed E-state index contributed by atoms with van der Waals surface area (Å²) in [6.07, 6.45) is -2.63. The fourth-order valence-corrected chi connectivity index (χ4v) is 5.58. The molecule has 2 heterocycles. The molecule has 1 aliphatic heterocycles. The Bertz CT molecular complexity index is 1460. The molecule has 10 heteroatoms. The SMILES string of the molecule is COc1ccc(C(c2ccccc2)(c2ccc(OC)cc2)C(O)[C@H]2O[C@@](N)(n3ccc(N)nc3=O)C[C@@H]2O)cc1. The summed E-state index contributed by atoms with van der Waals surface area (Å²) < 4.78 is 18.1. The van der Waals surface area contributed by atoms with Crippen LogP contribution in [0.5, 0.6) is 11.5 Å². The van der Waals surface area contributed by atoms with Gasteiger partial charge in [0, 0.05) is 12.6 Å². The van der Waals surface area contributed by atoms with Crippen LogP contribution >= 0.6 is 0 Å². The van der Waals surface area contributed by atoms with E-state index in [2.05, 4.69) is 4.98 Å². The summed E-state index contributed by atoms with van der Waals surface area (Å²) in [5, 5.41) is 23.7. The molecule has 1 saturated heterocycles. The standard InChI is InChI=1S/C30H32N4O6/c1-38-22-12-8-20(9-13-22)30(19-6-4-3-5-7-19,21-10-14-23(39-2)15-11-21)27(36)26-24(35)18-29(32,40-26)34-17-16-25(31)33-28(34)37/h3-17,24,26-27,35-36H,18,32H2,1-2H3,(H2,31,33,37)/t24-,26-,27?,29-/m0/s1. The third-order valence-corrected chi connectivity index (χ3v) is 7.53. The summed E-state index contributed by atoms with van der Waals surface area (Å²) in [6.45, 7) is 0. The van der Waals surface area contributed by atoms with Crippen molar-refractivity contribution in [3.8, 4) is 11.5 Å². The number of aliphatic hydroxyl groups excluding tert-OH is 2.